The van der Waals surface area contributed by atoms with Gasteiger partial charge in [-0.05, 0) is 44.5 Å². The number of carbonyl (C=O) groups excluding carboxylic acids is 1. The van der Waals surface area contributed by atoms with Crippen molar-refractivity contribution >= 4 is 5.78 Å². The smallest absolute Gasteiger partial charge is 0.194 e. The molecule has 0 amide bonds. The normalized spacial score (nSPS) is 15.7. The van der Waals surface area contributed by atoms with E-state index in [0.29, 0.717) is 35.8 Å². The molecule has 2 aromatic carbocycles. The number of rotatable bonds is 8. The Morgan fingerprint density at radius 3 is 2.48 bits per heavy atom. The summed E-state index contributed by atoms with van der Waals surface area (Å²) in [7, 11) is 1.63. The number of fused-ring (bicyclic) bond motifs is 3. The Hall–Kier alpha value is -2.53. The minimum absolute atomic E-state index is 0.00303. The number of piperidine rings is 1. The van der Waals surface area contributed by atoms with Crippen molar-refractivity contribution in [3.8, 4) is 28.4 Å². The summed E-state index contributed by atoms with van der Waals surface area (Å²) in [4.78, 5) is 15.5. The van der Waals surface area contributed by atoms with Crippen molar-refractivity contribution in [3.05, 3.63) is 41.5 Å². The lowest BCUT2D eigenvalue weighted by atomic mass is 10.0. The van der Waals surface area contributed by atoms with Crippen LogP contribution < -0.4 is 14.2 Å². The zero-order chi connectivity index (χ0) is 20.2. The minimum atomic E-state index is -0.00303. The van der Waals surface area contributed by atoms with Gasteiger partial charge in [0.05, 0.1) is 13.7 Å². The lowest BCUT2D eigenvalue weighted by molar-refractivity contribution is 0.104. The summed E-state index contributed by atoms with van der Waals surface area (Å²) < 4.78 is 17.6. The van der Waals surface area contributed by atoms with E-state index >= 15 is 0 Å². The van der Waals surface area contributed by atoms with Gasteiger partial charge in [-0.25, -0.2) is 0 Å². The van der Waals surface area contributed by atoms with Crippen LogP contribution in [-0.2, 0) is 0 Å². The van der Waals surface area contributed by atoms with Gasteiger partial charge in [-0.3, -0.25) is 9.69 Å². The van der Waals surface area contributed by atoms with Gasteiger partial charge in [-0.1, -0.05) is 25.5 Å². The van der Waals surface area contributed by atoms with Gasteiger partial charge in [0.1, 0.15) is 23.9 Å². The van der Waals surface area contributed by atoms with E-state index in [4.69, 9.17) is 14.2 Å². The summed E-state index contributed by atoms with van der Waals surface area (Å²) >= 11 is 0. The maximum absolute atomic E-state index is 13.1. The molecule has 1 fully saturated rings. The van der Waals surface area contributed by atoms with Gasteiger partial charge in [0, 0.05) is 34.9 Å². The van der Waals surface area contributed by atoms with Gasteiger partial charge in [-0.15, -0.1) is 0 Å². The van der Waals surface area contributed by atoms with E-state index in [1.165, 1.54) is 19.3 Å². The molecule has 0 radical (unpaired) electrons. The van der Waals surface area contributed by atoms with Gasteiger partial charge < -0.3 is 14.2 Å². The Kier molecular flexibility index (Phi) is 6.05. The Morgan fingerprint density at radius 2 is 1.72 bits per heavy atom. The highest BCUT2D eigenvalue weighted by Gasteiger charge is 2.33. The van der Waals surface area contributed by atoms with Crippen LogP contribution in [0.1, 0.15) is 48.5 Å². The molecule has 4 rings (SSSR count). The Bertz CT molecular complexity index is 887. The van der Waals surface area contributed by atoms with E-state index in [1.807, 2.05) is 30.3 Å². The third-order valence-electron chi connectivity index (χ3n) is 5.65. The van der Waals surface area contributed by atoms with Crippen LogP contribution in [0.25, 0.3) is 11.1 Å². The van der Waals surface area contributed by atoms with Crippen LogP contribution in [0.4, 0.5) is 0 Å². The fourth-order valence-corrected chi connectivity index (χ4v) is 4.20. The van der Waals surface area contributed by atoms with E-state index in [1.54, 1.807) is 7.11 Å². The van der Waals surface area contributed by atoms with E-state index in [-0.39, 0.29) is 5.78 Å². The molecule has 154 valence electrons. The number of nitrogens with zero attached hydrogens (tertiary/aromatic N) is 1. The van der Waals surface area contributed by atoms with E-state index in [2.05, 4.69) is 11.8 Å². The van der Waals surface area contributed by atoms with Crippen LogP contribution in [0.15, 0.2) is 30.3 Å². The van der Waals surface area contributed by atoms with Crippen molar-refractivity contribution in [2.45, 2.75) is 32.6 Å². The van der Waals surface area contributed by atoms with E-state index in [0.717, 1.165) is 42.9 Å². The van der Waals surface area contributed by atoms with Crippen molar-refractivity contribution in [2.75, 3.05) is 40.0 Å². The molecule has 29 heavy (non-hydrogen) atoms. The summed E-state index contributed by atoms with van der Waals surface area (Å²) in [5.41, 5.74) is 2.94. The summed E-state index contributed by atoms with van der Waals surface area (Å²) in [6, 6.07) is 9.38. The summed E-state index contributed by atoms with van der Waals surface area (Å²) in [6.07, 6.45) is 4.76. The summed E-state index contributed by atoms with van der Waals surface area (Å²) in [6.45, 7) is 6.47. The molecule has 1 saturated heterocycles. The molecule has 5 heteroatoms. The molecule has 0 spiro atoms. The Balaban J connectivity index is 1.61. The largest absolute Gasteiger partial charge is 0.496 e. The number of hydrogen-bond donors (Lipinski definition) is 0. The van der Waals surface area contributed by atoms with Gasteiger partial charge in [0.25, 0.3) is 0 Å². The molecular formula is C24H29NO4. The first-order chi connectivity index (χ1) is 14.2. The zero-order valence-electron chi connectivity index (χ0n) is 17.3. The molecular weight excluding hydrogens is 366 g/mol. The zero-order valence-corrected chi connectivity index (χ0v) is 17.3. The van der Waals surface area contributed by atoms with Crippen LogP contribution in [0.5, 0.6) is 17.2 Å². The standard InChI is InChI=1S/C24H29NO4/c1-3-13-28-17-15-19-23(21(16-17)27-2)22-18(24(19)26)8-7-9-20(22)29-14-12-25-10-5-4-6-11-25/h7-9,15-16H,3-6,10-14H2,1-2H3. The second-order valence-corrected chi connectivity index (χ2v) is 7.66. The van der Waals surface area contributed by atoms with Gasteiger partial charge in [-0.2, -0.15) is 0 Å². The maximum atomic E-state index is 13.1. The fraction of sp³-hybridized carbons (Fsp3) is 0.458. The van der Waals surface area contributed by atoms with Crippen LogP contribution in [0, 0.1) is 0 Å². The summed E-state index contributed by atoms with van der Waals surface area (Å²) in [5, 5.41) is 0. The molecule has 2 aromatic rings. The number of ether oxygens (including phenoxy) is 3. The molecule has 0 aromatic heterocycles. The van der Waals surface area contributed by atoms with E-state index in [9.17, 15) is 4.79 Å². The van der Waals surface area contributed by atoms with Crippen LogP contribution >= 0.6 is 0 Å². The van der Waals surface area contributed by atoms with Crippen LogP contribution in [-0.4, -0.2) is 50.6 Å². The monoisotopic (exact) mass is 395 g/mol. The molecule has 1 aliphatic heterocycles. The SMILES string of the molecule is CCCOc1cc(OC)c2c(c1)C(=O)c1cccc(OCCN3CCCCC3)c1-2. The van der Waals surface area contributed by atoms with Crippen LogP contribution in [0.3, 0.4) is 0 Å². The number of likely N-dealkylation sites (tertiary alicyclic amines) is 1. The first-order valence-corrected chi connectivity index (χ1v) is 10.6. The molecule has 1 aliphatic carbocycles. The third-order valence-corrected chi connectivity index (χ3v) is 5.65. The topological polar surface area (TPSA) is 48.0 Å². The lowest BCUT2D eigenvalue weighted by Gasteiger charge is -2.26. The predicted octanol–water partition coefficient (Wildman–Crippen LogP) is 4.56. The highest BCUT2D eigenvalue weighted by atomic mass is 16.5. The fourth-order valence-electron chi connectivity index (χ4n) is 4.20. The summed E-state index contributed by atoms with van der Waals surface area (Å²) in [5.74, 6) is 2.05. The lowest BCUT2D eigenvalue weighted by Crippen LogP contribution is -2.33. The second kappa shape index (κ2) is 8.87. The maximum Gasteiger partial charge on any atom is 0.194 e. The highest BCUT2D eigenvalue weighted by molar-refractivity contribution is 6.23. The molecule has 1 heterocycles. The van der Waals surface area contributed by atoms with E-state index < -0.39 is 0 Å². The number of methoxy groups -OCH3 is 1. The minimum Gasteiger partial charge on any atom is -0.496 e. The first kappa shape index (κ1) is 19.8. The van der Waals surface area contributed by atoms with Crippen LogP contribution in [0.2, 0.25) is 0 Å². The second-order valence-electron chi connectivity index (χ2n) is 7.66. The third kappa shape index (κ3) is 3.97. The first-order valence-electron chi connectivity index (χ1n) is 10.6. The average molecular weight is 395 g/mol. The molecule has 2 aliphatic rings. The number of ketones is 1. The Labute approximate surface area is 172 Å². The Morgan fingerprint density at radius 1 is 0.931 bits per heavy atom. The van der Waals surface area contributed by atoms with Gasteiger partial charge in [0.2, 0.25) is 0 Å². The average Bonchev–Trinajstić information content (AvgIpc) is 3.05. The van der Waals surface area contributed by atoms with Crippen molar-refractivity contribution < 1.29 is 19.0 Å². The van der Waals surface area contributed by atoms with Gasteiger partial charge in [0.15, 0.2) is 5.78 Å². The molecule has 0 atom stereocenters. The molecule has 5 nitrogen and oxygen atoms in total. The number of benzene rings is 2. The molecule has 0 saturated carbocycles. The molecule has 0 bridgehead atoms. The highest BCUT2D eigenvalue weighted by Crippen LogP contribution is 2.48. The molecule has 0 unspecified atom stereocenters. The quantitative estimate of drug-likeness (QED) is 0.560. The number of hydrogen-bond acceptors (Lipinski definition) is 5. The van der Waals surface area contributed by atoms with Crippen molar-refractivity contribution in [1.29, 1.82) is 0 Å². The predicted molar refractivity (Wildman–Crippen MR) is 113 cm³/mol. The van der Waals surface area contributed by atoms with Crippen molar-refractivity contribution in [2.24, 2.45) is 0 Å². The van der Waals surface area contributed by atoms with Crippen molar-refractivity contribution in [3.63, 3.8) is 0 Å². The number of carbonyl (C=O) groups is 1. The van der Waals surface area contributed by atoms with Gasteiger partial charge >= 0.3 is 0 Å². The van der Waals surface area contributed by atoms with Crippen molar-refractivity contribution in [1.82, 2.24) is 4.90 Å². The molecule has 0 N–H and O–H groups in total.